The Morgan fingerprint density at radius 2 is 1.88 bits per heavy atom. The van der Waals surface area contributed by atoms with E-state index in [1.165, 1.54) is 5.56 Å². The van der Waals surface area contributed by atoms with Gasteiger partial charge in [0.1, 0.15) is 5.75 Å². The second kappa shape index (κ2) is 6.51. The molecule has 1 rings (SSSR count). The molecule has 2 atom stereocenters. The predicted octanol–water partition coefficient (Wildman–Crippen LogP) is 1.56. The Labute approximate surface area is 98.0 Å². The molecule has 16 heavy (non-hydrogen) atoms. The molecule has 0 bridgehead atoms. The Morgan fingerprint density at radius 1 is 1.25 bits per heavy atom. The van der Waals surface area contributed by atoms with Gasteiger partial charge in [-0.25, -0.2) is 0 Å². The fraction of sp³-hybridized carbons (Fsp3) is 0.538. The Kier molecular flexibility index (Phi) is 5.29. The molecule has 2 unspecified atom stereocenters. The zero-order chi connectivity index (χ0) is 12.0. The standard InChI is InChI=1S/C13H22N2O/c1-10(14)9-15-11(2)8-12-4-6-13(16-3)7-5-12/h4-7,10-11,15H,8-9,14H2,1-3H3. The molecule has 90 valence electrons. The Hall–Kier alpha value is -1.06. The molecule has 0 saturated heterocycles. The molecule has 1 aromatic rings. The molecule has 0 heterocycles. The van der Waals surface area contributed by atoms with Crippen molar-refractivity contribution < 1.29 is 4.74 Å². The summed E-state index contributed by atoms with van der Waals surface area (Å²) < 4.78 is 5.12. The van der Waals surface area contributed by atoms with E-state index in [1.54, 1.807) is 7.11 Å². The van der Waals surface area contributed by atoms with E-state index in [2.05, 4.69) is 24.4 Å². The van der Waals surface area contributed by atoms with Crippen LogP contribution in [0.25, 0.3) is 0 Å². The van der Waals surface area contributed by atoms with Crippen LogP contribution in [0.2, 0.25) is 0 Å². The van der Waals surface area contributed by atoms with Crippen LogP contribution in [0.3, 0.4) is 0 Å². The average molecular weight is 222 g/mol. The van der Waals surface area contributed by atoms with Crippen molar-refractivity contribution in [2.75, 3.05) is 13.7 Å². The van der Waals surface area contributed by atoms with Gasteiger partial charge in [-0.2, -0.15) is 0 Å². The molecule has 0 aliphatic heterocycles. The van der Waals surface area contributed by atoms with Gasteiger partial charge in [-0.1, -0.05) is 12.1 Å². The maximum atomic E-state index is 5.69. The molecule has 3 nitrogen and oxygen atoms in total. The summed E-state index contributed by atoms with van der Waals surface area (Å²) >= 11 is 0. The maximum Gasteiger partial charge on any atom is 0.118 e. The molecule has 1 aromatic carbocycles. The minimum atomic E-state index is 0.207. The summed E-state index contributed by atoms with van der Waals surface area (Å²) in [6.07, 6.45) is 1.01. The highest BCUT2D eigenvalue weighted by Crippen LogP contribution is 2.12. The fourth-order valence-corrected chi connectivity index (χ4v) is 1.57. The van der Waals surface area contributed by atoms with E-state index in [4.69, 9.17) is 10.5 Å². The van der Waals surface area contributed by atoms with Crippen LogP contribution in [0.15, 0.2) is 24.3 Å². The third kappa shape index (κ3) is 4.64. The molecule has 0 aromatic heterocycles. The molecule has 0 fully saturated rings. The van der Waals surface area contributed by atoms with Crippen molar-refractivity contribution in [3.8, 4) is 5.75 Å². The number of hydrogen-bond donors (Lipinski definition) is 2. The summed E-state index contributed by atoms with van der Waals surface area (Å²) in [7, 11) is 1.68. The molecular weight excluding hydrogens is 200 g/mol. The zero-order valence-corrected chi connectivity index (χ0v) is 10.4. The van der Waals surface area contributed by atoms with Crippen molar-refractivity contribution in [2.24, 2.45) is 5.73 Å². The number of nitrogens with one attached hydrogen (secondary N) is 1. The van der Waals surface area contributed by atoms with Crippen molar-refractivity contribution in [1.29, 1.82) is 0 Å². The average Bonchev–Trinajstić information content (AvgIpc) is 2.27. The van der Waals surface area contributed by atoms with Crippen molar-refractivity contribution in [3.63, 3.8) is 0 Å². The number of benzene rings is 1. The van der Waals surface area contributed by atoms with Crippen LogP contribution in [0.4, 0.5) is 0 Å². The summed E-state index contributed by atoms with van der Waals surface area (Å²) in [4.78, 5) is 0. The number of rotatable bonds is 6. The van der Waals surface area contributed by atoms with E-state index in [-0.39, 0.29) is 6.04 Å². The molecule has 0 spiro atoms. The van der Waals surface area contributed by atoms with Gasteiger partial charge in [0.05, 0.1) is 7.11 Å². The number of nitrogens with two attached hydrogens (primary N) is 1. The number of methoxy groups -OCH3 is 1. The quantitative estimate of drug-likeness (QED) is 0.768. The molecule has 3 N–H and O–H groups in total. The summed E-state index contributed by atoms with van der Waals surface area (Å²) in [6, 6.07) is 8.84. The van der Waals surface area contributed by atoms with Crippen molar-refractivity contribution in [3.05, 3.63) is 29.8 Å². The first kappa shape index (κ1) is 13.0. The van der Waals surface area contributed by atoms with E-state index in [0.29, 0.717) is 6.04 Å². The van der Waals surface area contributed by atoms with Gasteiger partial charge >= 0.3 is 0 Å². The summed E-state index contributed by atoms with van der Waals surface area (Å²) in [5.41, 5.74) is 7.00. The van der Waals surface area contributed by atoms with E-state index in [0.717, 1.165) is 18.7 Å². The normalized spacial score (nSPS) is 14.5. The van der Waals surface area contributed by atoms with Crippen molar-refractivity contribution in [1.82, 2.24) is 5.32 Å². The lowest BCUT2D eigenvalue weighted by atomic mass is 10.1. The first-order valence-electron chi connectivity index (χ1n) is 5.73. The summed E-state index contributed by atoms with van der Waals surface area (Å²) in [5, 5.41) is 3.40. The van der Waals surface area contributed by atoms with Crippen molar-refractivity contribution in [2.45, 2.75) is 32.4 Å². The molecule has 0 aliphatic carbocycles. The topological polar surface area (TPSA) is 47.3 Å². The smallest absolute Gasteiger partial charge is 0.118 e. The Bertz CT molecular complexity index is 295. The van der Waals surface area contributed by atoms with Crippen LogP contribution in [-0.4, -0.2) is 25.7 Å². The monoisotopic (exact) mass is 222 g/mol. The predicted molar refractivity (Wildman–Crippen MR) is 67.8 cm³/mol. The molecule has 0 radical (unpaired) electrons. The third-order valence-electron chi connectivity index (χ3n) is 2.49. The number of ether oxygens (including phenoxy) is 1. The largest absolute Gasteiger partial charge is 0.497 e. The van der Waals surface area contributed by atoms with Crippen LogP contribution in [0.1, 0.15) is 19.4 Å². The minimum absolute atomic E-state index is 0.207. The molecule has 0 amide bonds. The van der Waals surface area contributed by atoms with E-state index >= 15 is 0 Å². The second-order valence-corrected chi connectivity index (χ2v) is 4.34. The van der Waals surface area contributed by atoms with E-state index in [9.17, 15) is 0 Å². The first-order valence-corrected chi connectivity index (χ1v) is 5.73. The molecular formula is C13H22N2O. The summed E-state index contributed by atoms with van der Waals surface area (Å²) in [5.74, 6) is 0.903. The van der Waals surface area contributed by atoms with Gasteiger partial charge in [0.2, 0.25) is 0 Å². The lowest BCUT2D eigenvalue weighted by molar-refractivity contribution is 0.414. The van der Waals surface area contributed by atoms with Crippen LogP contribution in [0.5, 0.6) is 5.75 Å². The lowest BCUT2D eigenvalue weighted by Crippen LogP contribution is -2.37. The van der Waals surface area contributed by atoms with E-state index < -0.39 is 0 Å². The van der Waals surface area contributed by atoms with Gasteiger partial charge in [0.15, 0.2) is 0 Å². The summed E-state index contributed by atoms with van der Waals surface area (Å²) in [6.45, 7) is 5.04. The Balaban J connectivity index is 2.40. The Morgan fingerprint density at radius 3 is 2.38 bits per heavy atom. The maximum absolute atomic E-state index is 5.69. The zero-order valence-electron chi connectivity index (χ0n) is 10.4. The lowest BCUT2D eigenvalue weighted by Gasteiger charge is -2.15. The highest BCUT2D eigenvalue weighted by Gasteiger charge is 2.04. The third-order valence-corrected chi connectivity index (χ3v) is 2.49. The van der Waals surface area contributed by atoms with Gasteiger partial charge in [-0.05, 0) is 38.0 Å². The van der Waals surface area contributed by atoms with Gasteiger partial charge in [-0.3, -0.25) is 0 Å². The number of hydrogen-bond acceptors (Lipinski definition) is 3. The van der Waals surface area contributed by atoms with Crippen molar-refractivity contribution >= 4 is 0 Å². The van der Waals surface area contributed by atoms with Crippen LogP contribution >= 0.6 is 0 Å². The van der Waals surface area contributed by atoms with Gasteiger partial charge in [-0.15, -0.1) is 0 Å². The fourth-order valence-electron chi connectivity index (χ4n) is 1.57. The van der Waals surface area contributed by atoms with Crippen LogP contribution in [0, 0.1) is 0 Å². The molecule has 0 saturated carbocycles. The highest BCUT2D eigenvalue weighted by atomic mass is 16.5. The van der Waals surface area contributed by atoms with Crippen LogP contribution in [-0.2, 0) is 6.42 Å². The minimum Gasteiger partial charge on any atom is -0.497 e. The van der Waals surface area contributed by atoms with Crippen LogP contribution < -0.4 is 15.8 Å². The molecule has 3 heteroatoms. The van der Waals surface area contributed by atoms with Gasteiger partial charge < -0.3 is 15.8 Å². The van der Waals surface area contributed by atoms with E-state index in [1.807, 2.05) is 19.1 Å². The second-order valence-electron chi connectivity index (χ2n) is 4.34. The van der Waals surface area contributed by atoms with Gasteiger partial charge in [0, 0.05) is 18.6 Å². The molecule has 0 aliphatic rings. The van der Waals surface area contributed by atoms with Gasteiger partial charge in [0.25, 0.3) is 0 Å². The SMILES string of the molecule is COc1ccc(CC(C)NCC(C)N)cc1. The first-order chi connectivity index (χ1) is 7.61. The highest BCUT2D eigenvalue weighted by molar-refractivity contribution is 5.27.